The van der Waals surface area contributed by atoms with Gasteiger partial charge in [0.2, 0.25) is 0 Å². The molecule has 8 nitrogen and oxygen atoms in total. The molecule has 1 amide bonds. The highest BCUT2D eigenvalue weighted by Crippen LogP contribution is 2.25. The highest BCUT2D eigenvalue weighted by Gasteiger charge is 2.25. The van der Waals surface area contributed by atoms with Crippen LogP contribution in [0, 0.1) is 0 Å². The molecule has 0 bridgehead atoms. The first-order valence-corrected chi connectivity index (χ1v) is 11.7. The van der Waals surface area contributed by atoms with Crippen LogP contribution in [0.2, 0.25) is 0 Å². The molecule has 0 saturated heterocycles. The number of aromatic nitrogens is 1. The monoisotopic (exact) mass is 476 g/mol. The number of rotatable bonds is 10. The van der Waals surface area contributed by atoms with Crippen molar-refractivity contribution in [2.75, 3.05) is 0 Å². The SMILES string of the molecule is CCCCc1cc(=O)oc2cc(O[C@H](C)C(=O)N[C@H](Cc3c[nH]c4ccccc34)C(=O)O)ccc12. The van der Waals surface area contributed by atoms with Crippen LogP contribution in [0.5, 0.6) is 5.75 Å². The first-order valence-electron chi connectivity index (χ1n) is 11.7. The Morgan fingerprint density at radius 2 is 1.91 bits per heavy atom. The number of amides is 1. The Kier molecular flexibility index (Phi) is 7.19. The van der Waals surface area contributed by atoms with Crippen molar-refractivity contribution in [3.05, 3.63) is 76.3 Å². The predicted octanol–water partition coefficient (Wildman–Crippen LogP) is 4.20. The topological polar surface area (TPSA) is 122 Å². The van der Waals surface area contributed by atoms with E-state index in [1.165, 1.54) is 13.0 Å². The van der Waals surface area contributed by atoms with Crippen LogP contribution in [0.1, 0.15) is 37.8 Å². The third-order valence-corrected chi connectivity index (χ3v) is 6.00. The van der Waals surface area contributed by atoms with Gasteiger partial charge < -0.3 is 24.6 Å². The maximum Gasteiger partial charge on any atom is 0.336 e. The molecule has 0 unspecified atom stereocenters. The number of unbranched alkanes of at least 4 members (excludes halogenated alkanes) is 1. The van der Waals surface area contributed by atoms with Crippen molar-refractivity contribution < 1.29 is 23.8 Å². The fourth-order valence-corrected chi connectivity index (χ4v) is 4.12. The van der Waals surface area contributed by atoms with Crippen LogP contribution < -0.4 is 15.7 Å². The quantitative estimate of drug-likeness (QED) is 0.295. The Hall–Kier alpha value is -4.07. The Bertz CT molecular complexity index is 1420. The minimum absolute atomic E-state index is 0.124. The summed E-state index contributed by atoms with van der Waals surface area (Å²) in [5.41, 5.74) is 2.56. The Morgan fingerprint density at radius 3 is 2.69 bits per heavy atom. The van der Waals surface area contributed by atoms with Gasteiger partial charge in [0, 0.05) is 41.0 Å². The fraction of sp³-hybridized carbons (Fsp3) is 0.296. The summed E-state index contributed by atoms with van der Waals surface area (Å²) in [6, 6.07) is 13.1. The second-order valence-corrected chi connectivity index (χ2v) is 8.58. The van der Waals surface area contributed by atoms with E-state index in [1.807, 2.05) is 24.3 Å². The normalized spacial score (nSPS) is 13.0. The van der Waals surface area contributed by atoms with Gasteiger partial charge in [0.1, 0.15) is 17.4 Å². The van der Waals surface area contributed by atoms with Gasteiger partial charge in [0.25, 0.3) is 5.91 Å². The molecule has 0 aliphatic heterocycles. The molecular formula is C27H28N2O6. The molecule has 0 aliphatic rings. The summed E-state index contributed by atoms with van der Waals surface area (Å²) in [5.74, 6) is -1.35. The van der Waals surface area contributed by atoms with Gasteiger partial charge in [-0.15, -0.1) is 0 Å². The summed E-state index contributed by atoms with van der Waals surface area (Å²) in [6.07, 6.45) is 3.64. The molecule has 182 valence electrons. The van der Waals surface area contributed by atoms with E-state index in [0.29, 0.717) is 11.3 Å². The summed E-state index contributed by atoms with van der Waals surface area (Å²) in [5, 5.41) is 14.0. The van der Waals surface area contributed by atoms with Gasteiger partial charge in [0.05, 0.1) is 0 Å². The molecule has 3 N–H and O–H groups in total. The Balaban J connectivity index is 1.46. The fourth-order valence-electron chi connectivity index (χ4n) is 4.12. The lowest BCUT2D eigenvalue weighted by molar-refractivity contribution is -0.142. The van der Waals surface area contributed by atoms with E-state index in [4.69, 9.17) is 9.15 Å². The number of hydrogen-bond acceptors (Lipinski definition) is 5. The molecule has 2 aromatic heterocycles. The number of para-hydroxylation sites is 1. The van der Waals surface area contributed by atoms with Crippen molar-refractivity contribution in [1.29, 1.82) is 0 Å². The van der Waals surface area contributed by atoms with Gasteiger partial charge in [-0.1, -0.05) is 31.5 Å². The molecule has 4 rings (SSSR count). The average molecular weight is 477 g/mol. The maximum absolute atomic E-state index is 12.8. The number of benzene rings is 2. The van der Waals surface area contributed by atoms with Gasteiger partial charge in [-0.25, -0.2) is 9.59 Å². The van der Waals surface area contributed by atoms with Gasteiger partial charge in [-0.05, 0) is 49.1 Å². The summed E-state index contributed by atoms with van der Waals surface area (Å²) < 4.78 is 11.1. The molecule has 4 aromatic rings. The summed E-state index contributed by atoms with van der Waals surface area (Å²) in [4.78, 5) is 39.7. The number of aromatic amines is 1. The molecule has 2 aromatic carbocycles. The van der Waals surface area contributed by atoms with E-state index in [2.05, 4.69) is 17.2 Å². The lowest BCUT2D eigenvalue weighted by Gasteiger charge is -2.19. The van der Waals surface area contributed by atoms with Crippen molar-refractivity contribution in [1.82, 2.24) is 10.3 Å². The van der Waals surface area contributed by atoms with E-state index in [0.717, 1.165) is 46.7 Å². The molecule has 0 radical (unpaired) electrons. The zero-order valence-electron chi connectivity index (χ0n) is 19.7. The van der Waals surface area contributed by atoms with Crippen molar-refractivity contribution in [2.45, 2.75) is 51.7 Å². The van der Waals surface area contributed by atoms with E-state index in [1.54, 1.807) is 24.4 Å². The van der Waals surface area contributed by atoms with Crippen LogP contribution in [0.4, 0.5) is 0 Å². The molecule has 0 saturated carbocycles. The average Bonchev–Trinajstić information content (AvgIpc) is 3.24. The van der Waals surface area contributed by atoms with Crippen LogP contribution >= 0.6 is 0 Å². The van der Waals surface area contributed by atoms with Crippen LogP contribution in [0.3, 0.4) is 0 Å². The van der Waals surface area contributed by atoms with Gasteiger partial charge in [-0.3, -0.25) is 4.79 Å². The maximum atomic E-state index is 12.8. The minimum atomic E-state index is -1.14. The van der Waals surface area contributed by atoms with Crippen molar-refractivity contribution in [3.63, 3.8) is 0 Å². The lowest BCUT2D eigenvalue weighted by atomic mass is 10.0. The lowest BCUT2D eigenvalue weighted by Crippen LogP contribution is -2.47. The highest BCUT2D eigenvalue weighted by atomic mass is 16.5. The van der Waals surface area contributed by atoms with Crippen molar-refractivity contribution >= 4 is 33.7 Å². The standard InChI is InChI=1S/C27H28N2O6/c1-3-4-7-17-13-25(30)35-24-14-19(10-11-21(17)24)34-16(2)26(31)29-23(27(32)33)12-18-15-28-22-9-6-5-8-20(18)22/h5-6,8-11,13-16,23,28H,3-4,7,12H2,1-2H3,(H,29,31)(H,32,33)/t16-,23-/m1/s1. The summed E-state index contributed by atoms with van der Waals surface area (Å²) in [6.45, 7) is 3.62. The van der Waals surface area contributed by atoms with Crippen LogP contribution in [-0.4, -0.2) is 34.1 Å². The van der Waals surface area contributed by atoms with E-state index < -0.39 is 29.6 Å². The number of H-pyrrole nitrogens is 1. The Labute approximate surface area is 201 Å². The van der Waals surface area contributed by atoms with Crippen LogP contribution in [-0.2, 0) is 22.4 Å². The minimum Gasteiger partial charge on any atom is -0.481 e. The van der Waals surface area contributed by atoms with Crippen LogP contribution in [0.25, 0.3) is 21.9 Å². The summed E-state index contributed by atoms with van der Waals surface area (Å²) in [7, 11) is 0. The molecule has 2 atom stereocenters. The number of carboxylic acids is 1. The third-order valence-electron chi connectivity index (χ3n) is 6.00. The number of carboxylic acid groups (broad SMARTS) is 1. The van der Waals surface area contributed by atoms with Gasteiger partial charge in [-0.2, -0.15) is 0 Å². The number of nitrogens with one attached hydrogen (secondary N) is 2. The number of aryl methyl sites for hydroxylation is 1. The third kappa shape index (κ3) is 5.54. The smallest absolute Gasteiger partial charge is 0.336 e. The number of fused-ring (bicyclic) bond motifs is 2. The van der Waals surface area contributed by atoms with E-state index in [9.17, 15) is 19.5 Å². The van der Waals surface area contributed by atoms with Crippen molar-refractivity contribution in [3.8, 4) is 5.75 Å². The molecule has 0 fully saturated rings. The van der Waals surface area contributed by atoms with Gasteiger partial charge in [0.15, 0.2) is 6.10 Å². The molecule has 0 spiro atoms. The number of ether oxygens (including phenoxy) is 1. The zero-order valence-corrected chi connectivity index (χ0v) is 19.7. The number of carbonyl (C=O) groups excluding carboxylic acids is 1. The predicted molar refractivity (Wildman–Crippen MR) is 133 cm³/mol. The molecule has 2 heterocycles. The van der Waals surface area contributed by atoms with Gasteiger partial charge >= 0.3 is 11.6 Å². The zero-order chi connectivity index (χ0) is 24.9. The first-order chi connectivity index (χ1) is 16.9. The Morgan fingerprint density at radius 1 is 1.11 bits per heavy atom. The molecule has 8 heteroatoms. The largest absolute Gasteiger partial charge is 0.481 e. The number of aliphatic carboxylic acids is 1. The summed E-state index contributed by atoms with van der Waals surface area (Å²) >= 11 is 0. The highest BCUT2D eigenvalue weighted by molar-refractivity contribution is 5.88. The van der Waals surface area contributed by atoms with E-state index >= 15 is 0 Å². The van der Waals surface area contributed by atoms with Crippen molar-refractivity contribution in [2.24, 2.45) is 0 Å². The van der Waals surface area contributed by atoms with E-state index in [-0.39, 0.29) is 6.42 Å². The van der Waals surface area contributed by atoms with Crippen LogP contribution in [0.15, 0.2) is 63.9 Å². The second-order valence-electron chi connectivity index (χ2n) is 8.58. The number of hydrogen-bond donors (Lipinski definition) is 3. The molecule has 0 aliphatic carbocycles. The second kappa shape index (κ2) is 10.5. The molecular weight excluding hydrogens is 448 g/mol. The molecule has 35 heavy (non-hydrogen) atoms. The number of carbonyl (C=O) groups is 2. The first kappa shape index (κ1) is 24.1.